The molecule has 2 saturated heterocycles. The maximum absolute atomic E-state index is 16.6. The van der Waals surface area contributed by atoms with Crippen LogP contribution in [0.5, 0.6) is 6.01 Å². The topological polar surface area (TPSA) is 85.6 Å². The number of carbonyl (C=O) groups is 1. The van der Waals surface area contributed by atoms with Gasteiger partial charge in [0.2, 0.25) is 5.91 Å². The fourth-order valence-electron chi connectivity index (χ4n) is 6.77. The maximum Gasteiger partial charge on any atom is 0.319 e. The zero-order valence-electron chi connectivity index (χ0n) is 24.2. The Bertz CT molecular complexity index is 1550. The summed E-state index contributed by atoms with van der Waals surface area (Å²) in [5.41, 5.74) is 4.20. The summed E-state index contributed by atoms with van der Waals surface area (Å²) in [7, 11) is 2.08. The molecular weight excluding hydrogens is 531 g/mol. The second kappa shape index (κ2) is 12.1. The van der Waals surface area contributed by atoms with E-state index < -0.39 is 0 Å². The van der Waals surface area contributed by atoms with Crippen molar-refractivity contribution in [2.45, 2.75) is 57.0 Å². The third-order valence-electron chi connectivity index (χ3n) is 9.10. The molecule has 3 aromatic rings. The predicted molar refractivity (Wildman–Crippen MR) is 161 cm³/mol. The second-order valence-electron chi connectivity index (χ2n) is 11.6. The number of halogens is 1. The van der Waals surface area contributed by atoms with E-state index in [1.165, 1.54) is 17.2 Å². The molecule has 9 heteroatoms. The number of aryl methyl sites for hydroxylation is 1. The number of benzene rings is 2. The molecule has 3 aliphatic rings. The van der Waals surface area contributed by atoms with Crippen molar-refractivity contribution in [1.82, 2.24) is 19.8 Å². The van der Waals surface area contributed by atoms with Crippen molar-refractivity contribution in [3.8, 4) is 23.2 Å². The largest absolute Gasteiger partial charge is 0.462 e. The zero-order valence-corrected chi connectivity index (χ0v) is 24.2. The lowest BCUT2D eigenvalue weighted by Crippen LogP contribution is -2.55. The molecule has 1 amide bonds. The van der Waals surface area contributed by atoms with Crippen LogP contribution in [0.1, 0.15) is 43.2 Å². The molecule has 6 rings (SSSR count). The van der Waals surface area contributed by atoms with Crippen LogP contribution in [0.4, 0.5) is 10.2 Å². The first-order valence-electron chi connectivity index (χ1n) is 15.0. The van der Waals surface area contributed by atoms with Gasteiger partial charge in [0.05, 0.1) is 18.5 Å². The SMILES string of the molecule is C=CC(=O)N1CCN(c2nc(OC[C@@H]3CCCN3C)nc3c(F)c(-c4cccc5c4CCCC5)ccc23)C[C@@H]1CC#N. The number of piperazine rings is 1. The Morgan fingerprint density at radius 1 is 1.12 bits per heavy atom. The van der Waals surface area contributed by atoms with Gasteiger partial charge in [0, 0.05) is 36.6 Å². The fourth-order valence-corrected chi connectivity index (χ4v) is 6.77. The first-order chi connectivity index (χ1) is 20.5. The summed E-state index contributed by atoms with van der Waals surface area (Å²) >= 11 is 0. The number of anilines is 1. The quantitative estimate of drug-likeness (QED) is 0.375. The third-order valence-corrected chi connectivity index (χ3v) is 9.10. The van der Waals surface area contributed by atoms with E-state index in [9.17, 15) is 10.1 Å². The Morgan fingerprint density at radius 3 is 2.76 bits per heavy atom. The standard InChI is InChI=1S/C33H37FN6O2/c1-3-29(41)40-19-18-39(20-23(40)15-16-35)32-28-14-13-27(26-12-6-9-22-8-4-5-11-25(22)26)30(34)31(28)36-33(37-32)42-21-24-10-7-17-38(24)2/h3,6,9,12-14,23-24H,1,4-5,7-8,10-11,15,17-21H2,2H3/t23-,24-/m0/s1. The molecule has 1 aromatic heterocycles. The number of rotatable bonds is 7. The Labute approximate surface area is 246 Å². The van der Waals surface area contributed by atoms with Crippen LogP contribution in [0.2, 0.25) is 0 Å². The summed E-state index contributed by atoms with van der Waals surface area (Å²) in [6.45, 7) is 6.34. The van der Waals surface area contributed by atoms with Gasteiger partial charge in [0.1, 0.15) is 17.9 Å². The van der Waals surface area contributed by atoms with Crippen LogP contribution in [0, 0.1) is 17.1 Å². The summed E-state index contributed by atoms with van der Waals surface area (Å²) in [5, 5.41) is 10.1. The maximum atomic E-state index is 16.6. The molecule has 8 nitrogen and oxygen atoms in total. The second-order valence-corrected chi connectivity index (χ2v) is 11.6. The lowest BCUT2D eigenvalue weighted by molar-refractivity contribution is -0.128. The Kier molecular flexibility index (Phi) is 8.07. The number of carbonyl (C=O) groups excluding carboxylic acids is 1. The Hall–Kier alpha value is -4.03. The summed E-state index contributed by atoms with van der Waals surface area (Å²) in [6, 6.07) is 12.2. The minimum atomic E-state index is -0.382. The molecule has 2 aromatic carbocycles. The summed E-state index contributed by atoms with van der Waals surface area (Å²) in [6.07, 6.45) is 7.81. The van der Waals surface area contributed by atoms with Crippen LogP contribution in [-0.4, -0.2) is 77.6 Å². The average molecular weight is 569 g/mol. The molecule has 0 unspecified atom stereocenters. The van der Waals surface area contributed by atoms with E-state index in [1.807, 2.05) is 29.2 Å². The van der Waals surface area contributed by atoms with E-state index in [0.717, 1.165) is 50.6 Å². The molecule has 1 aliphatic carbocycles. The van der Waals surface area contributed by atoms with Crippen LogP contribution in [0.3, 0.4) is 0 Å². The lowest BCUT2D eigenvalue weighted by atomic mass is 9.85. The Morgan fingerprint density at radius 2 is 1.98 bits per heavy atom. The number of aromatic nitrogens is 2. The Balaban J connectivity index is 1.42. The molecule has 2 atom stereocenters. The highest BCUT2D eigenvalue weighted by molar-refractivity contribution is 5.94. The number of nitrogens with zero attached hydrogens (tertiary/aromatic N) is 6. The first-order valence-corrected chi connectivity index (χ1v) is 15.0. The van der Waals surface area contributed by atoms with E-state index in [-0.39, 0.29) is 41.8 Å². The van der Waals surface area contributed by atoms with Crippen LogP contribution >= 0.6 is 0 Å². The molecule has 2 fully saturated rings. The van der Waals surface area contributed by atoms with E-state index in [1.54, 1.807) is 4.90 Å². The summed E-state index contributed by atoms with van der Waals surface area (Å²) in [4.78, 5) is 27.9. The monoisotopic (exact) mass is 568 g/mol. The molecule has 2 aliphatic heterocycles. The van der Waals surface area contributed by atoms with Crippen LogP contribution in [0.25, 0.3) is 22.0 Å². The molecule has 0 bridgehead atoms. The normalized spacial score (nSPS) is 20.8. The molecule has 218 valence electrons. The van der Waals surface area contributed by atoms with Gasteiger partial charge in [-0.25, -0.2) is 4.39 Å². The molecule has 0 spiro atoms. The van der Waals surface area contributed by atoms with Crippen molar-refractivity contribution in [3.05, 3.63) is 59.9 Å². The van der Waals surface area contributed by atoms with Crippen LogP contribution < -0.4 is 9.64 Å². The van der Waals surface area contributed by atoms with Gasteiger partial charge in [0.25, 0.3) is 0 Å². The van der Waals surface area contributed by atoms with Gasteiger partial charge in [-0.05, 0) is 81.0 Å². The zero-order chi connectivity index (χ0) is 29.2. The fraction of sp³-hybridized carbons (Fsp3) is 0.455. The van der Waals surface area contributed by atoms with Gasteiger partial charge >= 0.3 is 6.01 Å². The molecule has 0 radical (unpaired) electrons. The summed E-state index contributed by atoms with van der Waals surface area (Å²) < 4.78 is 22.7. The van der Waals surface area contributed by atoms with Crippen molar-refractivity contribution in [2.75, 3.05) is 44.7 Å². The third kappa shape index (κ3) is 5.32. The van der Waals surface area contributed by atoms with Crippen LogP contribution in [-0.2, 0) is 17.6 Å². The molecule has 0 saturated carbocycles. The summed E-state index contributed by atoms with van der Waals surface area (Å²) in [5.74, 6) is -0.0232. The van der Waals surface area contributed by atoms with E-state index in [4.69, 9.17) is 9.72 Å². The number of likely N-dealkylation sites (tertiary alicyclic amines) is 1. The van der Waals surface area contributed by atoms with Gasteiger partial charge in [0.15, 0.2) is 5.82 Å². The minimum Gasteiger partial charge on any atom is -0.462 e. The first kappa shape index (κ1) is 28.1. The van der Waals surface area contributed by atoms with E-state index in [2.05, 4.69) is 35.6 Å². The van der Waals surface area contributed by atoms with Crippen molar-refractivity contribution >= 4 is 22.6 Å². The number of hydrogen-bond donors (Lipinski definition) is 0. The molecule has 0 N–H and O–H groups in total. The van der Waals surface area contributed by atoms with E-state index >= 15 is 4.39 Å². The highest BCUT2D eigenvalue weighted by Gasteiger charge is 2.32. The number of ether oxygens (including phenoxy) is 1. The van der Waals surface area contributed by atoms with Gasteiger partial charge in [-0.1, -0.05) is 30.8 Å². The highest BCUT2D eigenvalue weighted by Crippen LogP contribution is 2.38. The lowest BCUT2D eigenvalue weighted by Gasteiger charge is -2.41. The number of amides is 1. The number of likely N-dealkylation sites (N-methyl/N-ethyl adjacent to an activating group) is 1. The van der Waals surface area contributed by atoms with Gasteiger partial charge < -0.3 is 19.4 Å². The van der Waals surface area contributed by atoms with Crippen molar-refractivity contribution < 1.29 is 13.9 Å². The van der Waals surface area contributed by atoms with Crippen molar-refractivity contribution in [2.24, 2.45) is 0 Å². The predicted octanol–water partition coefficient (Wildman–Crippen LogP) is 4.90. The van der Waals surface area contributed by atoms with Gasteiger partial charge in [-0.15, -0.1) is 0 Å². The van der Waals surface area contributed by atoms with Crippen LogP contribution in [0.15, 0.2) is 43.0 Å². The smallest absolute Gasteiger partial charge is 0.319 e. The molecule has 42 heavy (non-hydrogen) atoms. The molecule has 3 heterocycles. The van der Waals surface area contributed by atoms with Crippen molar-refractivity contribution in [1.29, 1.82) is 5.26 Å². The number of nitriles is 1. The van der Waals surface area contributed by atoms with E-state index in [0.29, 0.717) is 43.0 Å². The number of hydrogen-bond acceptors (Lipinski definition) is 7. The van der Waals surface area contributed by atoms with Gasteiger partial charge in [-0.2, -0.15) is 15.2 Å². The van der Waals surface area contributed by atoms with Gasteiger partial charge in [-0.3, -0.25) is 4.79 Å². The van der Waals surface area contributed by atoms with Crippen molar-refractivity contribution in [3.63, 3.8) is 0 Å². The molecular formula is C33H37FN6O2. The minimum absolute atomic E-state index is 0.144. The number of fused-ring (bicyclic) bond motifs is 2. The average Bonchev–Trinajstić information content (AvgIpc) is 3.44. The highest BCUT2D eigenvalue weighted by atomic mass is 19.1.